The maximum absolute atomic E-state index is 13.3. The smallest absolute Gasteiger partial charge is 0.337 e. The van der Waals surface area contributed by atoms with Gasteiger partial charge in [0, 0.05) is 30.2 Å². The number of pyridine rings is 1. The zero-order chi connectivity index (χ0) is 26.6. The average molecular weight is 536 g/mol. The van der Waals surface area contributed by atoms with E-state index in [1.165, 1.54) is 6.07 Å². The van der Waals surface area contributed by atoms with Gasteiger partial charge in [0.1, 0.15) is 0 Å². The number of aryl methyl sites for hydroxylation is 1. The third-order valence-electron chi connectivity index (χ3n) is 6.20. The number of rotatable bonds is 7. The molecule has 37 heavy (non-hydrogen) atoms. The summed E-state index contributed by atoms with van der Waals surface area (Å²) in [5, 5.41) is 6.52. The molecule has 0 spiro atoms. The Kier molecular flexibility index (Phi) is 8.00. The van der Waals surface area contributed by atoms with Crippen LogP contribution in [0.2, 0.25) is 0 Å². The van der Waals surface area contributed by atoms with Crippen LogP contribution in [0.4, 0.5) is 23.7 Å². The van der Waals surface area contributed by atoms with Crippen molar-refractivity contribution >= 4 is 32.6 Å². The summed E-state index contributed by atoms with van der Waals surface area (Å²) in [5.74, 6) is 0. The highest BCUT2D eigenvalue weighted by Gasteiger charge is 2.37. The molecule has 2 aromatic carbocycles. The van der Waals surface area contributed by atoms with Crippen LogP contribution in [-0.4, -0.2) is 56.6 Å². The summed E-state index contributed by atoms with van der Waals surface area (Å²) < 4.78 is 67.5. The number of benzene rings is 2. The van der Waals surface area contributed by atoms with Crippen LogP contribution in [-0.2, 0) is 16.2 Å². The lowest BCUT2D eigenvalue weighted by Gasteiger charge is -2.32. The molecule has 0 atom stereocenters. The van der Waals surface area contributed by atoms with Crippen LogP contribution in [0.25, 0.3) is 10.9 Å². The summed E-state index contributed by atoms with van der Waals surface area (Å²) in [6, 6.07) is 12.7. The number of anilines is 1. The van der Waals surface area contributed by atoms with E-state index in [2.05, 4.69) is 25.2 Å². The van der Waals surface area contributed by atoms with Gasteiger partial charge in [-0.2, -0.15) is 13.2 Å². The number of nitrogens with one attached hydrogen (secondary N) is 3. The molecule has 0 bridgehead atoms. The number of hydrogen-bond donors (Lipinski definition) is 3. The second kappa shape index (κ2) is 11.0. The summed E-state index contributed by atoms with van der Waals surface area (Å²) >= 11 is 0. The van der Waals surface area contributed by atoms with Gasteiger partial charge >= 0.3 is 12.2 Å². The van der Waals surface area contributed by atoms with Crippen LogP contribution in [0.3, 0.4) is 0 Å². The van der Waals surface area contributed by atoms with Crippen LogP contribution in [0.1, 0.15) is 24.1 Å². The number of amides is 2. The molecule has 1 aliphatic heterocycles. The molecule has 1 fully saturated rings. The van der Waals surface area contributed by atoms with Crippen molar-refractivity contribution in [3.05, 3.63) is 65.9 Å². The number of aromatic nitrogens is 1. The van der Waals surface area contributed by atoms with E-state index >= 15 is 0 Å². The van der Waals surface area contributed by atoms with Crippen molar-refractivity contribution < 1.29 is 26.4 Å². The van der Waals surface area contributed by atoms with Crippen molar-refractivity contribution in [2.45, 2.75) is 36.9 Å². The van der Waals surface area contributed by atoms with E-state index in [0.29, 0.717) is 44.7 Å². The highest BCUT2D eigenvalue weighted by molar-refractivity contribution is 7.89. The lowest BCUT2D eigenvalue weighted by molar-refractivity contribution is -0.139. The molecule has 1 saturated heterocycles. The number of likely N-dealkylation sites (tertiary alicyclic amines) is 1. The number of para-hydroxylation sites is 1. The summed E-state index contributed by atoms with van der Waals surface area (Å²) in [7, 11) is -4.33. The lowest BCUT2D eigenvalue weighted by atomic mass is 10.1. The number of sulfonamides is 1. The first-order valence-corrected chi connectivity index (χ1v) is 13.3. The Morgan fingerprint density at radius 3 is 2.49 bits per heavy atom. The van der Waals surface area contributed by atoms with Gasteiger partial charge in [-0.25, -0.2) is 17.9 Å². The Balaban J connectivity index is 1.25. The van der Waals surface area contributed by atoms with Gasteiger partial charge in [-0.1, -0.05) is 30.3 Å². The molecular weight excluding hydrogens is 507 g/mol. The minimum absolute atomic E-state index is 0.346. The largest absolute Gasteiger partial charge is 0.417 e. The third-order valence-corrected chi connectivity index (χ3v) is 7.78. The zero-order valence-corrected chi connectivity index (χ0v) is 21.0. The number of hydrogen-bond acceptors (Lipinski definition) is 5. The predicted molar refractivity (Wildman–Crippen MR) is 135 cm³/mol. The Morgan fingerprint density at radius 2 is 1.76 bits per heavy atom. The van der Waals surface area contributed by atoms with E-state index in [1.54, 1.807) is 6.07 Å². The van der Waals surface area contributed by atoms with Crippen molar-refractivity contribution in [2.24, 2.45) is 0 Å². The van der Waals surface area contributed by atoms with E-state index in [9.17, 15) is 26.4 Å². The Morgan fingerprint density at radius 1 is 1.08 bits per heavy atom. The van der Waals surface area contributed by atoms with Crippen LogP contribution >= 0.6 is 0 Å². The van der Waals surface area contributed by atoms with Gasteiger partial charge in [0.25, 0.3) is 0 Å². The molecule has 2 heterocycles. The van der Waals surface area contributed by atoms with Crippen LogP contribution < -0.4 is 15.4 Å². The van der Waals surface area contributed by atoms with E-state index in [0.717, 1.165) is 34.8 Å². The minimum Gasteiger partial charge on any atom is -0.337 e. The first kappa shape index (κ1) is 26.8. The molecule has 8 nitrogen and oxygen atoms in total. The lowest BCUT2D eigenvalue weighted by Crippen LogP contribution is -2.46. The molecule has 0 saturated carbocycles. The topological polar surface area (TPSA) is 103 Å². The Hall–Kier alpha value is -3.22. The SMILES string of the molecule is Cc1cc(NC(=O)NCCN2CCC(NS(=O)(=O)c3ccccc3C(F)(F)F)CC2)c2ccccc2n1. The summed E-state index contributed by atoms with van der Waals surface area (Å²) in [6.07, 6.45) is -3.87. The van der Waals surface area contributed by atoms with E-state index in [4.69, 9.17) is 0 Å². The number of urea groups is 1. The van der Waals surface area contributed by atoms with Crippen molar-refractivity contribution in [1.82, 2.24) is 19.9 Å². The van der Waals surface area contributed by atoms with Gasteiger partial charge in [0.2, 0.25) is 10.0 Å². The molecule has 3 aromatic rings. The monoisotopic (exact) mass is 535 g/mol. The molecule has 12 heteroatoms. The second-order valence-electron chi connectivity index (χ2n) is 8.94. The Labute approximate surface area is 213 Å². The number of fused-ring (bicyclic) bond motifs is 1. The molecular formula is C25H28F3N5O3S. The molecule has 1 aliphatic rings. The maximum atomic E-state index is 13.3. The molecule has 1 aromatic heterocycles. The number of nitrogens with zero attached hydrogens (tertiary/aromatic N) is 2. The van der Waals surface area contributed by atoms with E-state index in [1.807, 2.05) is 31.2 Å². The van der Waals surface area contributed by atoms with Gasteiger partial charge in [-0.05, 0) is 57.1 Å². The van der Waals surface area contributed by atoms with Crippen molar-refractivity contribution in [3.8, 4) is 0 Å². The summed E-state index contributed by atoms with van der Waals surface area (Å²) in [6.45, 7) is 3.88. The van der Waals surface area contributed by atoms with Gasteiger partial charge in [0.05, 0.1) is 21.7 Å². The fraction of sp³-hybridized carbons (Fsp3) is 0.360. The van der Waals surface area contributed by atoms with Gasteiger partial charge in [-0.3, -0.25) is 4.98 Å². The van der Waals surface area contributed by atoms with Crippen molar-refractivity contribution in [1.29, 1.82) is 0 Å². The van der Waals surface area contributed by atoms with Crippen molar-refractivity contribution in [3.63, 3.8) is 0 Å². The number of piperidine rings is 1. The number of carbonyl (C=O) groups is 1. The molecule has 3 N–H and O–H groups in total. The molecule has 0 radical (unpaired) electrons. The van der Waals surface area contributed by atoms with Crippen LogP contribution in [0.5, 0.6) is 0 Å². The molecule has 0 aliphatic carbocycles. The minimum atomic E-state index is -4.77. The number of alkyl halides is 3. The normalized spacial score (nSPS) is 15.6. The van der Waals surface area contributed by atoms with E-state index in [-0.39, 0.29) is 6.03 Å². The first-order valence-electron chi connectivity index (χ1n) is 11.8. The average Bonchev–Trinajstić information content (AvgIpc) is 2.84. The molecule has 4 rings (SSSR count). The zero-order valence-electron chi connectivity index (χ0n) is 20.2. The quantitative estimate of drug-likeness (QED) is 0.422. The van der Waals surface area contributed by atoms with Gasteiger partial charge in [0.15, 0.2) is 0 Å². The molecule has 0 unspecified atom stereocenters. The van der Waals surface area contributed by atoms with E-state index < -0.39 is 32.7 Å². The van der Waals surface area contributed by atoms with Crippen molar-refractivity contribution in [2.75, 3.05) is 31.5 Å². The predicted octanol–water partition coefficient (Wildman–Crippen LogP) is 4.13. The van der Waals surface area contributed by atoms with Gasteiger partial charge < -0.3 is 15.5 Å². The second-order valence-corrected chi connectivity index (χ2v) is 10.6. The molecule has 2 amide bonds. The fourth-order valence-electron chi connectivity index (χ4n) is 4.40. The first-order chi connectivity index (χ1) is 17.5. The highest BCUT2D eigenvalue weighted by atomic mass is 32.2. The highest BCUT2D eigenvalue weighted by Crippen LogP contribution is 2.34. The van der Waals surface area contributed by atoms with Crippen LogP contribution in [0.15, 0.2) is 59.5 Å². The number of carbonyl (C=O) groups excluding carboxylic acids is 1. The maximum Gasteiger partial charge on any atom is 0.417 e. The Bertz CT molecular complexity index is 1370. The standard InChI is InChI=1S/C25H28F3N5O3S/c1-17-16-22(19-6-2-4-8-21(19)30-17)31-24(34)29-12-15-33-13-10-18(11-14-33)32-37(35,36)23-9-5-3-7-20(23)25(26,27)28/h2-9,16,18,32H,10-15H2,1H3,(H2,29,30,31,34). The summed E-state index contributed by atoms with van der Waals surface area (Å²) in [4.78, 5) is 18.2. The number of halogens is 3. The summed E-state index contributed by atoms with van der Waals surface area (Å²) in [5.41, 5.74) is 1.06. The van der Waals surface area contributed by atoms with Gasteiger partial charge in [-0.15, -0.1) is 0 Å². The third kappa shape index (κ3) is 6.76. The van der Waals surface area contributed by atoms with Crippen LogP contribution in [0, 0.1) is 6.92 Å². The fourth-order valence-corrected chi connectivity index (χ4v) is 5.93. The molecule has 198 valence electrons.